The Morgan fingerprint density at radius 1 is 1.09 bits per heavy atom. The first-order chi connectivity index (χ1) is 15.7. The smallest absolute Gasteiger partial charge is 0.411 e. The number of rotatable bonds is 2. The summed E-state index contributed by atoms with van der Waals surface area (Å²) < 4.78 is 10.0. The third-order valence-corrected chi connectivity index (χ3v) is 4.75. The summed E-state index contributed by atoms with van der Waals surface area (Å²) >= 11 is 0. The number of carbonyl (C=O) groups is 3. The van der Waals surface area contributed by atoms with Crippen molar-refractivity contribution in [2.45, 2.75) is 38.8 Å². The highest BCUT2D eigenvalue weighted by atomic mass is 16.6. The highest BCUT2D eigenvalue weighted by Crippen LogP contribution is 2.29. The molecule has 9 nitrogen and oxygen atoms in total. The number of nitrogens with one attached hydrogen (secondary N) is 3. The van der Waals surface area contributed by atoms with Gasteiger partial charge in [-0.15, -0.1) is 0 Å². The fraction of sp³-hybridized carbons (Fsp3) is 0.333. The number of pyridine rings is 1. The maximum absolute atomic E-state index is 12.9. The third kappa shape index (κ3) is 6.55. The Morgan fingerprint density at radius 2 is 1.88 bits per heavy atom. The third-order valence-electron chi connectivity index (χ3n) is 4.75. The van der Waals surface area contributed by atoms with Crippen molar-refractivity contribution >= 4 is 23.8 Å². The number of benzene rings is 1. The van der Waals surface area contributed by atoms with Crippen molar-refractivity contribution in [3.63, 3.8) is 0 Å². The van der Waals surface area contributed by atoms with Gasteiger partial charge in [0.05, 0.1) is 18.8 Å². The van der Waals surface area contributed by atoms with Gasteiger partial charge in [-0.1, -0.05) is 18.2 Å². The van der Waals surface area contributed by atoms with E-state index in [1.54, 1.807) is 51.2 Å². The van der Waals surface area contributed by atoms with Crippen molar-refractivity contribution in [1.82, 2.24) is 15.6 Å². The van der Waals surface area contributed by atoms with E-state index in [0.717, 1.165) is 5.56 Å². The van der Waals surface area contributed by atoms with E-state index in [0.29, 0.717) is 35.5 Å². The Bertz CT molecular complexity index is 1070. The molecule has 0 spiro atoms. The van der Waals surface area contributed by atoms with Crippen LogP contribution in [0.1, 0.15) is 49.3 Å². The zero-order chi connectivity index (χ0) is 24.0. The van der Waals surface area contributed by atoms with E-state index in [1.807, 2.05) is 18.2 Å². The van der Waals surface area contributed by atoms with Gasteiger partial charge in [0.2, 0.25) is 0 Å². The van der Waals surface area contributed by atoms with E-state index in [-0.39, 0.29) is 5.91 Å². The predicted octanol–water partition coefficient (Wildman–Crippen LogP) is 4.18. The van der Waals surface area contributed by atoms with E-state index in [4.69, 9.17) is 4.74 Å². The van der Waals surface area contributed by atoms with Crippen LogP contribution in [0.3, 0.4) is 0 Å². The van der Waals surface area contributed by atoms with E-state index >= 15 is 0 Å². The van der Waals surface area contributed by atoms with Crippen molar-refractivity contribution in [3.8, 4) is 11.1 Å². The molecule has 2 heterocycles. The summed E-state index contributed by atoms with van der Waals surface area (Å²) in [7, 11) is 1.27. The molecule has 0 saturated heterocycles. The van der Waals surface area contributed by atoms with Crippen LogP contribution in [-0.4, -0.2) is 42.3 Å². The van der Waals surface area contributed by atoms with Crippen LogP contribution >= 0.6 is 0 Å². The molecule has 9 heteroatoms. The minimum absolute atomic E-state index is 0.287. The fourth-order valence-corrected chi connectivity index (χ4v) is 3.30. The molecule has 1 aromatic carbocycles. The monoisotopic (exact) mass is 452 g/mol. The van der Waals surface area contributed by atoms with Gasteiger partial charge < -0.3 is 20.1 Å². The molecule has 2 bridgehead atoms. The van der Waals surface area contributed by atoms with Crippen LogP contribution in [0.5, 0.6) is 0 Å². The zero-order valence-electron chi connectivity index (χ0n) is 19.1. The lowest BCUT2D eigenvalue weighted by atomic mass is 9.96. The number of amides is 3. The lowest BCUT2D eigenvalue weighted by Crippen LogP contribution is -2.35. The predicted molar refractivity (Wildman–Crippen MR) is 124 cm³/mol. The second kappa shape index (κ2) is 10.2. The maximum atomic E-state index is 12.9. The average molecular weight is 453 g/mol. The Hall–Kier alpha value is -3.88. The number of hydrogen-bond acceptors (Lipinski definition) is 6. The van der Waals surface area contributed by atoms with Gasteiger partial charge in [-0.05, 0) is 62.6 Å². The standard InChI is InChI=1S/C24H28N4O5/c1-24(2,3)33-23(31)28-19-7-5-6-11-26-21(29)18-14-16(27-22(30)32-4)8-9-17(18)15-10-12-25-20(19)13-15/h5-6,8-10,12-14,19H,7,11H2,1-4H3,(H,26,29)(H,27,30)(H,28,31)/b6-5-/t19-/m0/s1. The van der Waals surface area contributed by atoms with Gasteiger partial charge in [0.1, 0.15) is 5.60 Å². The molecule has 0 unspecified atom stereocenters. The highest BCUT2D eigenvalue weighted by Gasteiger charge is 2.22. The van der Waals surface area contributed by atoms with Gasteiger partial charge in [-0.25, -0.2) is 9.59 Å². The first-order valence-electron chi connectivity index (χ1n) is 10.5. The minimum Gasteiger partial charge on any atom is -0.453 e. The molecular weight excluding hydrogens is 424 g/mol. The number of anilines is 1. The number of nitrogens with zero attached hydrogens (tertiary/aromatic N) is 1. The molecule has 1 aliphatic heterocycles. The number of hydrogen-bond donors (Lipinski definition) is 3. The maximum Gasteiger partial charge on any atom is 0.411 e. The molecular formula is C24H28N4O5. The average Bonchev–Trinajstić information content (AvgIpc) is 2.76. The summed E-state index contributed by atoms with van der Waals surface area (Å²) in [5.74, 6) is -0.287. The van der Waals surface area contributed by atoms with Crippen LogP contribution in [0.25, 0.3) is 11.1 Å². The first-order valence-corrected chi connectivity index (χ1v) is 10.5. The van der Waals surface area contributed by atoms with E-state index in [2.05, 4.69) is 25.7 Å². The molecule has 1 aromatic heterocycles. The summed E-state index contributed by atoms with van der Waals surface area (Å²) in [6.07, 6.45) is 4.62. The Kier molecular flexibility index (Phi) is 7.32. The molecule has 33 heavy (non-hydrogen) atoms. The van der Waals surface area contributed by atoms with Crippen molar-refractivity contribution in [3.05, 3.63) is 59.9 Å². The quantitative estimate of drug-likeness (QED) is 0.588. The van der Waals surface area contributed by atoms with E-state index in [1.165, 1.54) is 7.11 Å². The molecule has 1 aliphatic rings. The van der Waals surface area contributed by atoms with Crippen molar-refractivity contribution < 1.29 is 23.9 Å². The molecule has 0 saturated carbocycles. The second-order valence-electron chi connectivity index (χ2n) is 8.46. The SMILES string of the molecule is COC(=O)Nc1ccc2c(c1)C(=O)NC/C=C\C[C@H](NC(=O)OC(C)(C)C)c1cc-2ccn1. The van der Waals surface area contributed by atoms with Crippen molar-refractivity contribution in [2.24, 2.45) is 0 Å². The molecule has 3 amide bonds. The fourth-order valence-electron chi connectivity index (χ4n) is 3.30. The molecule has 1 atom stereocenters. The van der Waals surface area contributed by atoms with E-state index < -0.39 is 23.8 Å². The Labute approximate surface area is 192 Å². The van der Waals surface area contributed by atoms with Crippen molar-refractivity contribution in [2.75, 3.05) is 19.0 Å². The van der Waals surface area contributed by atoms with Crippen molar-refractivity contribution in [1.29, 1.82) is 0 Å². The van der Waals surface area contributed by atoms with Gasteiger partial charge in [0, 0.05) is 24.0 Å². The molecule has 0 aliphatic carbocycles. The summed E-state index contributed by atoms with van der Waals surface area (Å²) in [6, 6.07) is 8.22. The topological polar surface area (TPSA) is 119 Å². The van der Waals surface area contributed by atoms with Crippen LogP contribution in [0.15, 0.2) is 48.7 Å². The zero-order valence-corrected chi connectivity index (χ0v) is 19.1. The van der Waals surface area contributed by atoms with Crippen LogP contribution in [0, 0.1) is 0 Å². The van der Waals surface area contributed by atoms with Gasteiger partial charge in [0.25, 0.3) is 5.91 Å². The van der Waals surface area contributed by atoms with Gasteiger partial charge in [-0.2, -0.15) is 0 Å². The van der Waals surface area contributed by atoms with Crippen LogP contribution in [0.2, 0.25) is 0 Å². The first kappa shape index (κ1) is 23.8. The molecule has 3 rings (SSSR count). The summed E-state index contributed by atoms with van der Waals surface area (Å²) in [5, 5.41) is 8.30. The van der Waals surface area contributed by atoms with Crippen LogP contribution < -0.4 is 16.0 Å². The highest BCUT2D eigenvalue weighted by molar-refractivity contribution is 6.02. The number of aromatic nitrogens is 1. The van der Waals surface area contributed by atoms with Crippen LogP contribution in [0.4, 0.5) is 15.3 Å². The minimum atomic E-state index is -0.631. The molecule has 3 N–H and O–H groups in total. The van der Waals surface area contributed by atoms with Gasteiger partial charge >= 0.3 is 12.2 Å². The summed E-state index contributed by atoms with van der Waals surface area (Å²) in [6.45, 7) is 5.70. The largest absolute Gasteiger partial charge is 0.453 e. The Morgan fingerprint density at radius 3 is 2.61 bits per heavy atom. The molecule has 174 valence electrons. The number of ether oxygens (including phenoxy) is 2. The molecule has 2 aromatic rings. The number of methoxy groups -OCH3 is 1. The number of carbonyl (C=O) groups excluding carboxylic acids is 3. The molecule has 0 radical (unpaired) electrons. The Balaban J connectivity index is 2.00. The van der Waals surface area contributed by atoms with E-state index in [9.17, 15) is 14.4 Å². The summed E-state index contributed by atoms with van der Waals surface area (Å²) in [5.41, 5.74) is 2.22. The van der Waals surface area contributed by atoms with Gasteiger partial charge in [0.15, 0.2) is 0 Å². The van der Waals surface area contributed by atoms with Crippen LogP contribution in [-0.2, 0) is 9.47 Å². The number of alkyl carbamates (subject to hydrolysis) is 1. The molecule has 0 fully saturated rings. The van der Waals surface area contributed by atoms with Gasteiger partial charge in [-0.3, -0.25) is 15.1 Å². The lowest BCUT2D eigenvalue weighted by Gasteiger charge is -2.23. The normalized spacial score (nSPS) is 16.7. The lowest BCUT2D eigenvalue weighted by molar-refractivity contribution is 0.0502. The second-order valence-corrected chi connectivity index (χ2v) is 8.46. The summed E-state index contributed by atoms with van der Waals surface area (Å²) in [4.78, 5) is 41.3. The number of fused-ring (bicyclic) bond motifs is 4.